The molecular weight excluding hydrogens is 234 g/mol. The summed E-state index contributed by atoms with van der Waals surface area (Å²) >= 11 is 0. The molecule has 1 amide bonds. The van der Waals surface area contributed by atoms with E-state index in [0.717, 1.165) is 0 Å². The number of amides is 1. The van der Waals surface area contributed by atoms with Crippen LogP contribution in [0.25, 0.3) is 11.1 Å². The van der Waals surface area contributed by atoms with Gasteiger partial charge in [0, 0.05) is 20.5 Å². The summed E-state index contributed by atoms with van der Waals surface area (Å²) in [4.78, 5) is 13.1. The van der Waals surface area contributed by atoms with E-state index in [9.17, 15) is 4.79 Å². The molecule has 2 heteroatoms. The third-order valence-electron chi connectivity index (χ3n) is 3.30. The fourth-order valence-electron chi connectivity index (χ4n) is 2.08. The fourth-order valence-corrected chi connectivity index (χ4v) is 2.08. The largest absolute Gasteiger partial charge is 0.342 e. The zero-order valence-electron chi connectivity index (χ0n) is 11.7. The number of hydrogen-bond donors (Lipinski definition) is 0. The summed E-state index contributed by atoms with van der Waals surface area (Å²) in [6.07, 6.45) is 0. The molecule has 98 valence electrons. The quantitative estimate of drug-likeness (QED) is 0.817. The summed E-state index contributed by atoms with van der Waals surface area (Å²) in [5.74, 6) is 0.0830. The summed E-state index contributed by atoms with van der Waals surface area (Å²) < 4.78 is 0. The van der Waals surface area contributed by atoms with E-state index in [1.165, 1.54) is 22.3 Å². The number of hydrogen-bond acceptors (Lipinski definition) is 1. The van der Waals surface area contributed by atoms with Crippen LogP contribution in [-0.2, 0) is 11.3 Å². The molecule has 0 saturated heterocycles. The molecule has 19 heavy (non-hydrogen) atoms. The third kappa shape index (κ3) is 3.22. The van der Waals surface area contributed by atoms with Crippen LogP contribution in [0.3, 0.4) is 0 Å². The normalized spacial score (nSPS) is 10.3. The summed E-state index contributed by atoms with van der Waals surface area (Å²) in [6, 6.07) is 16.7. The number of rotatable bonds is 3. The topological polar surface area (TPSA) is 20.3 Å². The maximum absolute atomic E-state index is 11.4. The lowest BCUT2D eigenvalue weighted by Crippen LogP contribution is -2.23. The maximum atomic E-state index is 11.4. The molecule has 2 aromatic rings. The van der Waals surface area contributed by atoms with E-state index < -0.39 is 0 Å². The lowest BCUT2D eigenvalue weighted by Gasteiger charge is -2.18. The minimum absolute atomic E-state index is 0.0830. The second-order valence-corrected chi connectivity index (χ2v) is 4.90. The van der Waals surface area contributed by atoms with Crippen molar-refractivity contribution in [2.24, 2.45) is 0 Å². The fraction of sp³-hybridized carbons (Fsp3) is 0.235. The Hall–Kier alpha value is -2.09. The molecule has 0 saturated carbocycles. The highest BCUT2D eigenvalue weighted by Gasteiger charge is 2.09. The molecule has 0 bridgehead atoms. The van der Waals surface area contributed by atoms with Crippen LogP contribution >= 0.6 is 0 Å². The molecule has 2 nitrogen and oxygen atoms in total. The molecule has 0 unspecified atom stereocenters. The van der Waals surface area contributed by atoms with Crippen molar-refractivity contribution in [2.75, 3.05) is 7.05 Å². The van der Waals surface area contributed by atoms with Crippen LogP contribution in [0, 0.1) is 6.92 Å². The number of carbonyl (C=O) groups excluding carboxylic acids is 1. The van der Waals surface area contributed by atoms with Crippen molar-refractivity contribution in [3.63, 3.8) is 0 Å². The smallest absolute Gasteiger partial charge is 0.219 e. The van der Waals surface area contributed by atoms with Crippen molar-refractivity contribution in [3.8, 4) is 11.1 Å². The van der Waals surface area contributed by atoms with Gasteiger partial charge in [-0.05, 0) is 23.6 Å². The summed E-state index contributed by atoms with van der Waals surface area (Å²) in [7, 11) is 1.83. The highest BCUT2D eigenvalue weighted by Crippen LogP contribution is 2.25. The molecule has 2 aromatic carbocycles. The lowest BCUT2D eigenvalue weighted by molar-refractivity contribution is -0.128. The Kier molecular flexibility index (Phi) is 4.00. The van der Waals surface area contributed by atoms with Crippen molar-refractivity contribution in [1.29, 1.82) is 0 Å². The zero-order chi connectivity index (χ0) is 13.8. The molecule has 0 N–H and O–H groups in total. The molecule has 0 aliphatic heterocycles. The van der Waals surface area contributed by atoms with Gasteiger partial charge in [-0.3, -0.25) is 4.79 Å². The Bertz CT molecular complexity index is 575. The minimum Gasteiger partial charge on any atom is -0.342 e. The first-order valence-corrected chi connectivity index (χ1v) is 6.44. The van der Waals surface area contributed by atoms with E-state index in [4.69, 9.17) is 0 Å². The van der Waals surface area contributed by atoms with Crippen LogP contribution in [-0.4, -0.2) is 17.9 Å². The van der Waals surface area contributed by atoms with Crippen molar-refractivity contribution >= 4 is 5.91 Å². The Labute approximate surface area is 114 Å². The second-order valence-electron chi connectivity index (χ2n) is 4.90. The molecule has 0 radical (unpaired) electrons. The monoisotopic (exact) mass is 253 g/mol. The molecule has 0 fully saturated rings. The van der Waals surface area contributed by atoms with Crippen molar-refractivity contribution in [2.45, 2.75) is 20.4 Å². The van der Waals surface area contributed by atoms with Gasteiger partial charge in [-0.15, -0.1) is 0 Å². The number of nitrogens with zero attached hydrogens (tertiary/aromatic N) is 1. The van der Waals surface area contributed by atoms with Gasteiger partial charge in [-0.25, -0.2) is 0 Å². The SMILES string of the molecule is CC(=O)N(C)Cc1ccc(C)cc1-c1ccccc1. The molecule has 0 aromatic heterocycles. The lowest BCUT2D eigenvalue weighted by atomic mass is 9.97. The van der Waals surface area contributed by atoms with Crippen molar-refractivity contribution in [1.82, 2.24) is 4.90 Å². The Morgan fingerprint density at radius 1 is 1.11 bits per heavy atom. The first-order chi connectivity index (χ1) is 9.08. The van der Waals surface area contributed by atoms with Gasteiger partial charge in [0.25, 0.3) is 0 Å². The molecule has 0 atom stereocenters. The molecule has 0 spiro atoms. The van der Waals surface area contributed by atoms with E-state index >= 15 is 0 Å². The van der Waals surface area contributed by atoms with E-state index in [-0.39, 0.29) is 5.91 Å². The van der Waals surface area contributed by atoms with E-state index in [1.807, 2.05) is 25.2 Å². The summed E-state index contributed by atoms with van der Waals surface area (Å²) in [6.45, 7) is 4.32. The van der Waals surface area contributed by atoms with Crippen molar-refractivity contribution in [3.05, 3.63) is 59.7 Å². The average molecular weight is 253 g/mol. The number of benzene rings is 2. The highest BCUT2D eigenvalue weighted by molar-refractivity contribution is 5.74. The summed E-state index contributed by atoms with van der Waals surface area (Å²) in [5, 5.41) is 0. The first kappa shape index (κ1) is 13.3. The van der Waals surface area contributed by atoms with Gasteiger partial charge in [-0.2, -0.15) is 0 Å². The van der Waals surface area contributed by atoms with Gasteiger partial charge in [0.05, 0.1) is 0 Å². The van der Waals surface area contributed by atoms with Gasteiger partial charge >= 0.3 is 0 Å². The van der Waals surface area contributed by atoms with Crippen molar-refractivity contribution < 1.29 is 4.79 Å². The van der Waals surface area contributed by atoms with Gasteiger partial charge in [-0.1, -0.05) is 54.1 Å². The average Bonchev–Trinajstić information content (AvgIpc) is 2.41. The van der Waals surface area contributed by atoms with Crippen LogP contribution < -0.4 is 0 Å². The molecule has 0 heterocycles. The molecule has 0 aliphatic rings. The Morgan fingerprint density at radius 3 is 2.42 bits per heavy atom. The predicted molar refractivity (Wildman–Crippen MR) is 78.8 cm³/mol. The first-order valence-electron chi connectivity index (χ1n) is 6.44. The van der Waals surface area contributed by atoms with Crippen LogP contribution in [0.15, 0.2) is 48.5 Å². The molecule has 0 aliphatic carbocycles. The standard InChI is InChI=1S/C17H19NO/c1-13-9-10-16(12-18(3)14(2)19)17(11-13)15-7-5-4-6-8-15/h4-11H,12H2,1-3H3. The van der Waals surface area contributed by atoms with Crippen LogP contribution in [0.4, 0.5) is 0 Å². The van der Waals surface area contributed by atoms with E-state index in [2.05, 4.69) is 37.3 Å². The number of carbonyl (C=O) groups is 1. The summed E-state index contributed by atoms with van der Waals surface area (Å²) in [5.41, 5.74) is 4.80. The Morgan fingerprint density at radius 2 is 1.79 bits per heavy atom. The second kappa shape index (κ2) is 5.70. The van der Waals surface area contributed by atoms with Crippen LogP contribution in [0.5, 0.6) is 0 Å². The highest BCUT2D eigenvalue weighted by atomic mass is 16.2. The predicted octanol–water partition coefficient (Wildman–Crippen LogP) is 3.64. The van der Waals surface area contributed by atoms with Gasteiger partial charge in [0.1, 0.15) is 0 Å². The number of aryl methyl sites for hydroxylation is 1. The van der Waals surface area contributed by atoms with E-state index in [0.29, 0.717) is 6.54 Å². The minimum atomic E-state index is 0.0830. The van der Waals surface area contributed by atoms with Gasteiger partial charge < -0.3 is 4.90 Å². The Balaban J connectivity index is 2.42. The molecular formula is C17H19NO. The van der Waals surface area contributed by atoms with E-state index in [1.54, 1.807) is 11.8 Å². The van der Waals surface area contributed by atoms with Gasteiger partial charge in [0.15, 0.2) is 0 Å². The van der Waals surface area contributed by atoms with Gasteiger partial charge in [0.2, 0.25) is 5.91 Å². The van der Waals surface area contributed by atoms with Crippen LogP contribution in [0.1, 0.15) is 18.1 Å². The third-order valence-corrected chi connectivity index (χ3v) is 3.30. The zero-order valence-corrected chi connectivity index (χ0v) is 11.7. The molecule has 2 rings (SSSR count). The maximum Gasteiger partial charge on any atom is 0.219 e. The van der Waals surface area contributed by atoms with Crippen LogP contribution in [0.2, 0.25) is 0 Å².